The zero-order valence-corrected chi connectivity index (χ0v) is 14.5. The molecule has 0 unspecified atom stereocenters. The summed E-state index contributed by atoms with van der Waals surface area (Å²) in [5.41, 5.74) is 9.81. The van der Waals surface area contributed by atoms with Crippen molar-refractivity contribution >= 4 is 39.5 Å². The van der Waals surface area contributed by atoms with Gasteiger partial charge in [-0.15, -0.1) is 5.10 Å². The SMILES string of the molecule is NC(N)=NN=Cc1cc(Br)ccc1Oc1ccc([N+](=O)[O-])cc1[N+](=O)[O-]. The Balaban J connectivity index is 2.45. The Morgan fingerprint density at radius 1 is 1.08 bits per heavy atom. The highest BCUT2D eigenvalue weighted by Gasteiger charge is 2.21. The minimum absolute atomic E-state index is 0.167. The third kappa shape index (κ3) is 4.73. The molecule has 2 rings (SSSR count). The van der Waals surface area contributed by atoms with Crippen molar-refractivity contribution in [2.24, 2.45) is 21.7 Å². The first-order valence-electron chi connectivity index (χ1n) is 6.80. The molecule has 4 N–H and O–H groups in total. The molecule has 0 heterocycles. The van der Waals surface area contributed by atoms with E-state index in [9.17, 15) is 20.2 Å². The van der Waals surface area contributed by atoms with Crippen molar-refractivity contribution in [1.29, 1.82) is 0 Å². The van der Waals surface area contributed by atoms with Crippen LogP contribution in [0.4, 0.5) is 11.4 Å². The number of nitro benzene ring substituents is 2. The second-order valence-corrected chi connectivity index (χ2v) is 5.64. The summed E-state index contributed by atoms with van der Waals surface area (Å²) in [7, 11) is 0. The maximum atomic E-state index is 11.2. The molecule has 0 atom stereocenters. The van der Waals surface area contributed by atoms with Gasteiger partial charge in [-0.2, -0.15) is 5.10 Å². The monoisotopic (exact) mass is 422 g/mol. The highest BCUT2D eigenvalue weighted by atomic mass is 79.9. The Morgan fingerprint density at radius 3 is 2.38 bits per heavy atom. The van der Waals surface area contributed by atoms with E-state index in [1.165, 1.54) is 12.3 Å². The first kappa shape index (κ1) is 18.8. The number of nitrogens with zero attached hydrogens (tertiary/aromatic N) is 4. The zero-order valence-electron chi connectivity index (χ0n) is 12.9. The van der Waals surface area contributed by atoms with Crippen LogP contribution in [0.3, 0.4) is 0 Å². The van der Waals surface area contributed by atoms with Crippen molar-refractivity contribution in [2.45, 2.75) is 0 Å². The molecule has 0 fully saturated rings. The lowest BCUT2D eigenvalue weighted by atomic mass is 10.2. The predicted molar refractivity (Wildman–Crippen MR) is 97.4 cm³/mol. The van der Waals surface area contributed by atoms with Crippen molar-refractivity contribution in [3.8, 4) is 11.5 Å². The van der Waals surface area contributed by atoms with Crippen LogP contribution >= 0.6 is 15.9 Å². The second kappa shape index (κ2) is 8.02. The van der Waals surface area contributed by atoms with Gasteiger partial charge < -0.3 is 16.2 Å². The van der Waals surface area contributed by atoms with Gasteiger partial charge in [0.15, 0.2) is 0 Å². The largest absolute Gasteiger partial charge is 0.449 e. The van der Waals surface area contributed by atoms with Gasteiger partial charge in [-0.3, -0.25) is 20.2 Å². The molecular weight excluding hydrogens is 412 g/mol. The van der Waals surface area contributed by atoms with Crippen LogP contribution in [0.25, 0.3) is 0 Å². The van der Waals surface area contributed by atoms with Crippen LogP contribution in [0.15, 0.2) is 51.1 Å². The lowest BCUT2D eigenvalue weighted by Crippen LogP contribution is -2.21. The molecule has 26 heavy (non-hydrogen) atoms. The van der Waals surface area contributed by atoms with Crippen molar-refractivity contribution in [3.63, 3.8) is 0 Å². The maximum absolute atomic E-state index is 11.2. The van der Waals surface area contributed by atoms with E-state index < -0.39 is 21.2 Å². The molecule has 0 spiro atoms. The highest BCUT2D eigenvalue weighted by molar-refractivity contribution is 9.10. The normalized spacial score (nSPS) is 10.5. The van der Waals surface area contributed by atoms with E-state index in [0.29, 0.717) is 10.0 Å². The van der Waals surface area contributed by atoms with E-state index in [1.807, 2.05) is 0 Å². The molecule has 12 heteroatoms. The van der Waals surface area contributed by atoms with Gasteiger partial charge in [-0.05, 0) is 24.3 Å². The average molecular weight is 423 g/mol. The number of nitro groups is 2. The fourth-order valence-electron chi connectivity index (χ4n) is 1.84. The molecule has 0 amide bonds. The Morgan fingerprint density at radius 2 is 1.77 bits per heavy atom. The van der Waals surface area contributed by atoms with Crippen LogP contribution in [-0.2, 0) is 0 Å². The quantitative estimate of drug-likeness (QED) is 0.311. The van der Waals surface area contributed by atoms with Gasteiger partial charge in [0.2, 0.25) is 11.7 Å². The summed E-state index contributed by atoms with van der Waals surface area (Å²) in [5.74, 6) is -0.205. The number of nitrogens with two attached hydrogens (primary N) is 2. The summed E-state index contributed by atoms with van der Waals surface area (Å²) in [6, 6.07) is 7.87. The number of benzene rings is 2. The van der Waals surface area contributed by atoms with E-state index in [4.69, 9.17) is 16.2 Å². The number of hydrogen-bond donors (Lipinski definition) is 2. The van der Waals surface area contributed by atoms with Crippen LogP contribution in [0.2, 0.25) is 0 Å². The molecule has 0 aliphatic rings. The smallest absolute Gasteiger partial charge is 0.318 e. The predicted octanol–water partition coefficient (Wildman–Crippen LogP) is 2.67. The maximum Gasteiger partial charge on any atom is 0.318 e. The lowest BCUT2D eigenvalue weighted by Gasteiger charge is -2.09. The van der Waals surface area contributed by atoms with Gasteiger partial charge in [0.05, 0.1) is 22.1 Å². The molecule has 11 nitrogen and oxygen atoms in total. The Bertz CT molecular complexity index is 926. The lowest BCUT2D eigenvalue weighted by molar-refractivity contribution is -0.394. The van der Waals surface area contributed by atoms with Gasteiger partial charge in [-0.1, -0.05) is 15.9 Å². The summed E-state index contributed by atoms with van der Waals surface area (Å²) in [6.07, 6.45) is 1.29. The summed E-state index contributed by atoms with van der Waals surface area (Å²) >= 11 is 3.28. The number of hydrogen-bond acceptors (Lipinski definition) is 7. The van der Waals surface area contributed by atoms with Crippen molar-refractivity contribution in [1.82, 2.24) is 0 Å². The van der Waals surface area contributed by atoms with Crippen LogP contribution in [0.1, 0.15) is 5.56 Å². The fourth-order valence-corrected chi connectivity index (χ4v) is 2.22. The van der Waals surface area contributed by atoms with Gasteiger partial charge in [0.25, 0.3) is 5.69 Å². The van der Waals surface area contributed by atoms with Crippen molar-refractivity contribution < 1.29 is 14.6 Å². The summed E-state index contributed by atoms with van der Waals surface area (Å²) in [6.45, 7) is 0. The molecule has 0 saturated heterocycles. The molecule has 134 valence electrons. The minimum Gasteiger partial charge on any atom is -0.449 e. The zero-order chi connectivity index (χ0) is 19.3. The number of halogens is 1. The Kier molecular flexibility index (Phi) is 5.80. The van der Waals surface area contributed by atoms with Gasteiger partial charge in [-0.25, -0.2) is 0 Å². The number of ether oxygens (including phenoxy) is 1. The van der Waals surface area contributed by atoms with E-state index in [2.05, 4.69) is 26.1 Å². The standard InChI is InChI=1S/C14H11BrN6O5/c15-9-1-3-12(8(5-9)7-18-19-14(16)17)26-13-4-2-10(20(22)23)6-11(13)21(24)25/h1-7H,(H4,16,17,19). The van der Waals surface area contributed by atoms with Crippen molar-refractivity contribution in [2.75, 3.05) is 0 Å². The molecule has 0 bridgehead atoms. The molecule has 0 radical (unpaired) electrons. The Hall–Kier alpha value is -3.54. The number of rotatable bonds is 6. The molecule has 2 aromatic rings. The van der Waals surface area contributed by atoms with Gasteiger partial charge in [0.1, 0.15) is 5.75 Å². The van der Waals surface area contributed by atoms with E-state index in [0.717, 1.165) is 18.2 Å². The topological polar surface area (TPSA) is 172 Å². The van der Waals surface area contributed by atoms with Gasteiger partial charge in [0, 0.05) is 16.1 Å². The van der Waals surface area contributed by atoms with Crippen molar-refractivity contribution in [3.05, 3.63) is 66.7 Å². The highest BCUT2D eigenvalue weighted by Crippen LogP contribution is 2.35. The van der Waals surface area contributed by atoms with Gasteiger partial charge >= 0.3 is 5.69 Å². The number of non-ortho nitro benzene ring substituents is 1. The van der Waals surface area contributed by atoms with Crippen LogP contribution in [0, 0.1) is 20.2 Å². The van der Waals surface area contributed by atoms with E-state index in [-0.39, 0.29) is 17.5 Å². The molecule has 0 aliphatic carbocycles. The fraction of sp³-hybridized carbons (Fsp3) is 0. The molecule has 2 aromatic carbocycles. The second-order valence-electron chi connectivity index (χ2n) is 4.72. The molecular formula is C14H11BrN6O5. The molecule has 0 aromatic heterocycles. The van der Waals surface area contributed by atoms with Crippen LogP contribution in [0.5, 0.6) is 11.5 Å². The Labute approximate surface area is 154 Å². The first-order valence-corrected chi connectivity index (χ1v) is 7.59. The van der Waals surface area contributed by atoms with E-state index in [1.54, 1.807) is 12.1 Å². The minimum atomic E-state index is -0.769. The third-order valence-corrected chi connectivity index (χ3v) is 3.41. The average Bonchev–Trinajstić information content (AvgIpc) is 2.56. The summed E-state index contributed by atoms with van der Waals surface area (Å²) in [5, 5.41) is 29.1. The molecule has 0 aliphatic heterocycles. The number of guanidine groups is 1. The first-order chi connectivity index (χ1) is 12.3. The van der Waals surface area contributed by atoms with E-state index >= 15 is 0 Å². The summed E-state index contributed by atoms with van der Waals surface area (Å²) < 4.78 is 6.25. The third-order valence-electron chi connectivity index (χ3n) is 2.91. The van der Waals surface area contributed by atoms with Crippen LogP contribution in [-0.4, -0.2) is 22.0 Å². The summed E-state index contributed by atoms with van der Waals surface area (Å²) in [4.78, 5) is 20.5. The van der Waals surface area contributed by atoms with Crippen LogP contribution < -0.4 is 16.2 Å². The molecule has 0 saturated carbocycles.